The molecule has 0 aromatic heterocycles. The Bertz CT molecular complexity index is 285. The van der Waals surface area contributed by atoms with E-state index in [2.05, 4.69) is 0 Å². The van der Waals surface area contributed by atoms with Crippen LogP contribution in [0, 0.1) is 0 Å². The summed E-state index contributed by atoms with van der Waals surface area (Å²) in [5, 5.41) is 0. The molecule has 0 heterocycles. The van der Waals surface area contributed by atoms with Gasteiger partial charge in [0.05, 0.1) is 6.61 Å². The highest BCUT2D eigenvalue weighted by molar-refractivity contribution is 7.86. The van der Waals surface area contributed by atoms with Crippen molar-refractivity contribution < 1.29 is 13.2 Å². The van der Waals surface area contributed by atoms with E-state index in [0.29, 0.717) is 32.7 Å². The van der Waals surface area contributed by atoms with Gasteiger partial charge in [-0.05, 0) is 26.8 Å². The molecule has 0 aromatic carbocycles. The van der Waals surface area contributed by atoms with Crippen LogP contribution in [0.1, 0.15) is 20.3 Å². The van der Waals surface area contributed by atoms with Crippen LogP contribution >= 0.6 is 0 Å². The molecular formula is C10H25N3O3S. The highest BCUT2D eigenvalue weighted by Crippen LogP contribution is 2.10. The van der Waals surface area contributed by atoms with Gasteiger partial charge in [0.1, 0.15) is 0 Å². The lowest BCUT2D eigenvalue weighted by Gasteiger charge is -2.29. The third kappa shape index (κ3) is 5.31. The molecule has 0 bridgehead atoms. The fourth-order valence-electron chi connectivity index (χ4n) is 1.25. The highest BCUT2D eigenvalue weighted by Gasteiger charge is 2.27. The number of rotatable bonds is 9. The molecule has 0 spiro atoms. The molecule has 0 aliphatic rings. The third-order valence-electron chi connectivity index (χ3n) is 2.57. The molecule has 0 aromatic rings. The van der Waals surface area contributed by atoms with Crippen molar-refractivity contribution in [3.05, 3.63) is 0 Å². The van der Waals surface area contributed by atoms with Crippen LogP contribution in [0.2, 0.25) is 0 Å². The van der Waals surface area contributed by atoms with Crippen molar-refractivity contribution in [1.29, 1.82) is 0 Å². The summed E-state index contributed by atoms with van der Waals surface area (Å²) in [6.45, 7) is 5.33. The average Bonchev–Trinajstić information content (AvgIpc) is 2.27. The third-order valence-corrected chi connectivity index (χ3v) is 4.74. The molecule has 0 saturated carbocycles. The zero-order valence-electron chi connectivity index (χ0n) is 11.2. The molecule has 0 amide bonds. The van der Waals surface area contributed by atoms with Gasteiger partial charge in [0.15, 0.2) is 0 Å². The van der Waals surface area contributed by atoms with Gasteiger partial charge < -0.3 is 10.5 Å². The summed E-state index contributed by atoms with van der Waals surface area (Å²) in [4.78, 5) is 0. The van der Waals surface area contributed by atoms with Crippen LogP contribution in [0.3, 0.4) is 0 Å². The maximum Gasteiger partial charge on any atom is 0.282 e. The molecule has 6 nitrogen and oxygen atoms in total. The van der Waals surface area contributed by atoms with E-state index in [9.17, 15) is 8.42 Å². The Hall–Kier alpha value is -0.210. The minimum absolute atomic E-state index is 0.0667. The highest BCUT2D eigenvalue weighted by atomic mass is 32.2. The van der Waals surface area contributed by atoms with Crippen LogP contribution in [-0.4, -0.2) is 63.5 Å². The van der Waals surface area contributed by atoms with E-state index < -0.39 is 10.2 Å². The van der Waals surface area contributed by atoms with Crippen LogP contribution in [0.5, 0.6) is 0 Å². The van der Waals surface area contributed by atoms with Gasteiger partial charge in [-0.25, -0.2) is 0 Å². The van der Waals surface area contributed by atoms with Gasteiger partial charge in [-0.3, -0.25) is 0 Å². The Labute approximate surface area is 105 Å². The lowest BCUT2D eigenvalue weighted by molar-refractivity contribution is 0.175. The summed E-state index contributed by atoms with van der Waals surface area (Å²) in [5.74, 6) is 0. The summed E-state index contributed by atoms with van der Waals surface area (Å²) in [6.07, 6.45) is 0.648. The van der Waals surface area contributed by atoms with Crippen molar-refractivity contribution in [1.82, 2.24) is 8.61 Å². The first-order chi connectivity index (χ1) is 7.87. The summed E-state index contributed by atoms with van der Waals surface area (Å²) in [7, 11) is -0.273. The molecular weight excluding hydrogens is 242 g/mol. The zero-order chi connectivity index (χ0) is 13.5. The SMILES string of the molecule is COCCN(CCCN)S(=O)(=O)N(C)C(C)C. The van der Waals surface area contributed by atoms with E-state index in [1.54, 1.807) is 14.2 Å². The molecule has 104 valence electrons. The van der Waals surface area contributed by atoms with Crippen LogP contribution in [0.25, 0.3) is 0 Å². The Morgan fingerprint density at radius 3 is 2.29 bits per heavy atom. The van der Waals surface area contributed by atoms with Crippen molar-refractivity contribution in [2.45, 2.75) is 26.3 Å². The Morgan fingerprint density at radius 2 is 1.88 bits per heavy atom. The molecule has 0 atom stereocenters. The van der Waals surface area contributed by atoms with E-state index in [1.165, 1.54) is 8.61 Å². The first-order valence-electron chi connectivity index (χ1n) is 5.80. The molecule has 0 rings (SSSR count). The van der Waals surface area contributed by atoms with Crippen molar-refractivity contribution in [2.24, 2.45) is 5.73 Å². The normalized spacial score (nSPS) is 12.9. The number of hydrogen-bond acceptors (Lipinski definition) is 4. The number of hydrogen-bond donors (Lipinski definition) is 1. The molecule has 7 heteroatoms. The molecule has 17 heavy (non-hydrogen) atoms. The molecule has 0 unspecified atom stereocenters. The Morgan fingerprint density at radius 1 is 1.29 bits per heavy atom. The number of nitrogens with two attached hydrogens (primary N) is 1. The lowest BCUT2D eigenvalue weighted by atomic mass is 10.4. The number of nitrogens with zero attached hydrogens (tertiary/aromatic N) is 2. The largest absolute Gasteiger partial charge is 0.383 e. The smallest absolute Gasteiger partial charge is 0.282 e. The minimum Gasteiger partial charge on any atom is -0.383 e. The summed E-state index contributed by atoms with van der Waals surface area (Å²) >= 11 is 0. The second-order valence-corrected chi connectivity index (χ2v) is 6.14. The van der Waals surface area contributed by atoms with Crippen LogP contribution in [0.4, 0.5) is 0 Å². The molecule has 0 fully saturated rings. The van der Waals surface area contributed by atoms with Gasteiger partial charge in [-0.1, -0.05) is 0 Å². The number of ether oxygens (including phenoxy) is 1. The first kappa shape index (κ1) is 16.8. The second kappa shape index (κ2) is 7.99. The maximum absolute atomic E-state index is 12.2. The van der Waals surface area contributed by atoms with Crippen molar-refractivity contribution in [3.8, 4) is 0 Å². The van der Waals surface area contributed by atoms with E-state index in [-0.39, 0.29) is 6.04 Å². The van der Waals surface area contributed by atoms with Gasteiger partial charge in [0.25, 0.3) is 10.2 Å². The van der Waals surface area contributed by atoms with Crippen molar-refractivity contribution in [2.75, 3.05) is 40.4 Å². The molecule has 2 N–H and O–H groups in total. The van der Waals surface area contributed by atoms with Gasteiger partial charge in [0.2, 0.25) is 0 Å². The predicted octanol–water partition coefficient (Wildman–Crippen LogP) is -0.131. The zero-order valence-corrected chi connectivity index (χ0v) is 12.0. The predicted molar refractivity (Wildman–Crippen MR) is 68.9 cm³/mol. The molecule has 0 radical (unpaired) electrons. The Kier molecular flexibility index (Phi) is 7.89. The maximum atomic E-state index is 12.2. The van der Waals surface area contributed by atoms with Gasteiger partial charge in [0, 0.05) is 33.3 Å². The quantitative estimate of drug-likeness (QED) is 0.631. The Balaban J connectivity index is 4.75. The van der Waals surface area contributed by atoms with E-state index >= 15 is 0 Å². The van der Waals surface area contributed by atoms with Crippen LogP contribution in [0.15, 0.2) is 0 Å². The van der Waals surface area contributed by atoms with Gasteiger partial charge in [-0.2, -0.15) is 17.0 Å². The van der Waals surface area contributed by atoms with Crippen molar-refractivity contribution >= 4 is 10.2 Å². The van der Waals surface area contributed by atoms with Gasteiger partial charge >= 0.3 is 0 Å². The summed E-state index contributed by atoms with van der Waals surface area (Å²) in [6, 6.07) is -0.0667. The topological polar surface area (TPSA) is 75.9 Å². The van der Waals surface area contributed by atoms with Gasteiger partial charge in [-0.15, -0.1) is 0 Å². The molecule has 0 saturated heterocycles. The summed E-state index contributed by atoms with van der Waals surface area (Å²) < 4.78 is 32.2. The minimum atomic E-state index is -3.41. The molecule has 0 aliphatic carbocycles. The fraction of sp³-hybridized carbons (Fsp3) is 1.00. The van der Waals surface area contributed by atoms with E-state index in [1.807, 2.05) is 13.8 Å². The fourth-order valence-corrected chi connectivity index (χ4v) is 2.81. The first-order valence-corrected chi connectivity index (χ1v) is 7.19. The summed E-state index contributed by atoms with van der Waals surface area (Å²) in [5.41, 5.74) is 5.42. The lowest BCUT2D eigenvalue weighted by Crippen LogP contribution is -2.46. The van der Waals surface area contributed by atoms with Crippen molar-refractivity contribution in [3.63, 3.8) is 0 Å². The average molecular weight is 267 g/mol. The number of methoxy groups -OCH3 is 1. The van der Waals surface area contributed by atoms with E-state index in [0.717, 1.165) is 0 Å². The standard InChI is InChI=1S/C10H25N3O3S/c1-10(2)12(3)17(14,15)13(7-5-6-11)8-9-16-4/h10H,5-9,11H2,1-4H3. The molecule has 0 aliphatic heterocycles. The van der Waals surface area contributed by atoms with E-state index in [4.69, 9.17) is 10.5 Å². The van der Waals surface area contributed by atoms with Crippen LogP contribution < -0.4 is 5.73 Å². The second-order valence-electron chi connectivity index (χ2n) is 4.15. The van der Waals surface area contributed by atoms with Crippen LogP contribution in [-0.2, 0) is 14.9 Å². The monoisotopic (exact) mass is 267 g/mol.